The van der Waals surface area contributed by atoms with Gasteiger partial charge in [-0.1, -0.05) is 23.9 Å². The van der Waals surface area contributed by atoms with Crippen LogP contribution in [0.1, 0.15) is 5.56 Å². The predicted octanol–water partition coefficient (Wildman–Crippen LogP) is 2.90. The van der Waals surface area contributed by atoms with Crippen molar-refractivity contribution in [3.63, 3.8) is 0 Å². The van der Waals surface area contributed by atoms with E-state index in [1.807, 2.05) is 12.3 Å². The number of thioether (sulfide) groups is 1. The number of rotatable bonds is 4. The summed E-state index contributed by atoms with van der Waals surface area (Å²) in [5.41, 5.74) is 0.470. The first-order chi connectivity index (χ1) is 9.26. The van der Waals surface area contributed by atoms with E-state index in [4.69, 9.17) is 10.00 Å². The van der Waals surface area contributed by atoms with E-state index in [0.29, 0.717) is 28.2 Å². The van der Waals surface area contributed by atoms with Crippen LogP contribution in [-0.4, -0.2) is 23.3 Å². The van der Waals surface area contributed by atoms with Crippen molar-refractivity contribution < 1.29 is 4.74 Å². The lowest BCUT2D eigenvalue weighted by Gasteiger charge is -2.08. The van der Waals surface area contributed by atoms with Crippen molar-refractivity contribution in [2.75, 3.05) is 18.6 Å². The Morgan fingerprint density at radius 3 is 2.79 bits per heavy atom. The number of hydrogen-bond donors (Lipinski definition) is 1. The highest BCUT2D eigenvalue weighted by molar-refractivity contribution is 7.98. The maximum atomic E-state index is 9.02. The summed E-state index contributed by atoms with van der Waals surface area (Å²) in [5, 5.41) is 12.6. The number of nitrogens with one attached hydrogen (secondary N) is 1. The molecule has 0 unspecified atom stereocenters. The molecule has 1 aromatic carbocycles. The van der Waals surface area contributed by atoms with Gasteiger partial charge in [-0.15, -0.1) is 0 Å². The van der Waals surface area contributed by atoms with Crippen LogP contribution in [0.3, 0.4) is 0 Å². The van der Waals surface area contributed by atoms with Gasteiger partial charge in [0.15, 0.2) is 5.16 Å². The lowest BCUT2D eigenvalue weighted by molar-refractivity contribution is 0.455. The van der Waals surface area contributed by atoms with Gasteiger partial charge in [-0.25, -0.2) is 4.98 Å². The van der Waals surface area contributed by atoms with Crippen LogP contribution in [0.25, 0.3) is 0 Å². The Hall–Kier alpha value is -2.26. The molecule has 0 saturated carbocycles. The molecule has 0 radical (unpaired) electrons. The summed E-state index contributed by atoms with van der Waals surface area (Å²) < 4.78 is 5.66. The summed E-state index contributed by atoms with van der Waals surface area (Å²) in [4.78, 5) is 8.50. The van der Waals surface area contributed by atoms with E-state index < -0.39 is 0 Å². The molecular weight excluding hydrogens is 260 g/mol. The summed E-state index contributed by atoms with van der Waals surface area (Å²) >= 11 is 1.43. The van der Waals surface area contributed by atoms with Crippen LogP contribution in [0, 0.1) is 11.3 Å². The molecule has 0 saturated heterocycles. The highest BCUT2D eigenvalue weighted by Crippen LogP contribution is 2.26. The molecular formula is C13H12N4OS. The molecule has 0 bridgehead atoms. The van der Waals surface area contributed by atoms with Crippen molar-refractivity contribution in [3.05, 3.63) is 35.9 Å². The summed E-state index contributed by atoms with van der Waals surface area (Å²) in [6.45, 7) is 0. The van der Waals surface area contributed by atoms with Crippen LogP contribution in [-0.2, 0) is 0 Å². The zero-order valence-corrected chi connectivity index (χ0v) is 11.4. The van der Waals surface area contributed by atoms with E-state index in [9.17, 15) is 0 Å². The molecule has 0 atom stereocenters. The quantitative estimate of drug-likeness (QED) is 0.681. The molecule has 1 aromatic heterocycles. The third kappa shape index (κ3) is 3.14. The molecule has 6 heteroatoms. The number of para-hydroxylation sites is 1. The smallest absolute Gasteiger partial charge is 0.225 e. The van der Waals surface area contributed by atoms with E-state index in [-0.39, 0.29) is 0 Å². The van der Waals surface area contributed by atoms with Gasteiger partial charge in [-0.05, 0) is 18.4 Å². The molecule has 0 aliphatic heterocycles. The molecule has 0 amide bonds. The van der Waals surface area contributed by atoms with Gasteiger partial charge in [0.05, 0.1) is 5.56 Å². The fraction of sp³-hybridized carbons (Fsp3) is 0.154. The number of hydrogen-bond acceptors (Lipinski definition) is 6. The first-order valence-electron chi connectivity index (χ1n) is 5.54. The van der Waals surface area contributed by atoms with Gasteiger partial charge >= 0.3 is 0 Å². The minimum atomic E-state index is 0.409. The highest BCUT2D eigenvalue weighted by Gasteiger charge is 2.08. The normalized spacial score (nSPS) is 9.74. The lowest BCUT2D eigenvalue weighted by atomic mass is 10.2. The van der Waals surface area contributed by atoms with Crippen LogP contribution in [0.2, 0.25) is 0 Å². The second-order valence-electron chi connectivity index (χ2n) is 3.54. The molecule has 1 N–H and O–H groups in total. The zero-order valence-electron chi connectivity index (χ0n) is 10.5. The number of ether oxygens (including phenoxy) is 1. The Labute approximate surface area is 115 Å². The number of aromatic nitrogens is 2. The van der Waals surface area contributed by atoms with Gasteiger partial charge in [0.2, 0.25) is 5.88 Å². The van der Waals surface area contributed by atoms with E-state index in [0.717, 1.165) is 0 Å². The average Bonchev–Trinajstić information content (AvgIpc) is 2.47. The summed E-state index contributed by atoms with van der Waals surface area (Å²) in [6.07, 6.45) is 1.89. The highest BCUT2D eigenvalue weighted by atomic mass is 32.2. The Balaban J connectivity index is 2.35. The maximum Gasteiger partial charge on any atom is 0.225 e. The minimum Gasteiger partial charge on any atom is -0.437 e. The monoisotopic (exact) mass is 272 g/mol. The fourth-order valence-electron chi connectivity index (χ4n) is 1.44. The largest absolute Gasteiger partial charge is 0.437 e. The van der Waals surface area contributed by atoms with Gasteiger partial charge in [-0.2, -0.15) is 10.2 Å². The Kier molecular flexibility index (Phi) is 4.21. The van der Waals surface area contributed by atoms with Crippen molar-refractivity contribution in [2.24, 2.45) is 0 Å². The number of nitrogens with zero attached hydrogens (tertiary/aromatic N) is 3. The van der Waals surface area contributed by atoms with Gasteiger partial charge in [0, 0.05) is 13.1 Å². The average molecular weight is 272 g/mol. The first-order valence-corrected chi connectivity index (χ1v) is 6.77. The molecule has 1 heterocycles. The maximum absolute atomic E-state index is 9.02. The van der Waals surface area contributed by atoms with E-state index in [1.54, 1.807) is 31.3 Å². The van der Waals surface area contributed by atoms with Crippen molar-refractivity contribution in [2.45, 2.75) is 5.16 Å². The molecule has 96 valence electrons. The number of nitriles is 1. The minimum absolute atomic E-state index is 0.409. The Morgan fingerprint density at radius 1 is 1.32 bits per heavy atom. The summed E-state index contributed by atoms with van der Waals surface area (Å²) in [5.74, 6) is 1.56. The van der Waals surface area contributed by atoms with Crippen molar-refractivity contribution in [1.29, 1.82) is 5.26 Å². The van der Waals surface area contributed by atoms with Crippen molar-refractivity contribution in [1.82, 2.24) is 9.97 Å². The molecule has 2 aromatic rings. The van der Waals surface area contributed by atoms with Crippen LogP contribution >= 0.6 is 11.8 Å². The predicted molar refractivity (Wildman–Crippen MR) is 74.6 cm³/mol. The second kappa shape index (κ2) is 6.07. The number of benzene rings is 1. The molecule has 0 aliphatic carbocycles. The first kappa shape index (κ1) is 13.2. The molecule has 19 heavy (non-hydrogen) atoms. The third-order valence-electron chi connectivity index (χ3n) is 2.34. The van der Waals surface area contributed by atoms with Gasteiger partial charge < -0.3 is 10.1 Å². The summed E-state index contributed by atoms with van der Waals surface area (Å²) in [7, 11) is 1.78. The topological polar surface area (TPSA) is 70.8 Å². The molecule has 0 aliphatic rings. The van der Waals surface area contributed by atoms with Gasteiger partial charge in [0.25, 0.3) is 0 Å². The van der Waals surface area contributed by atoms with Crippen LogP contribution in [0.15, 0.2) is 35.5 Å². The molecule has 0 spiro atoms. The van der Waals surface area contributed by atoms with Crippen molar-refractivity contribution >= 4 is 17.6 Å². The van der Waals surface area contributed by atoms with Crippen LogP contribution in [0.5, 0.6) is 11.6 Å². The lowest BCUT2D eigenvalue weighted by Crippen LogP contribution is -1.98. The standard InChI is InChI=1S/C13H12N4OS/c1-15-11-7-12(17-13(16-11)19-2)18-10-6-4-3-5-9(10)8-14/h3-7H,1-2H3,(H,15,16,17). The van der Waals surface area contributed by atoms with E-state index in [2.05, 4.69) is 21.4 Å². The molecule has 5 nitrogen and oxygen atoms in total. The number of anilines is 1. The van der Waals surface area contributed by atoms with Crippen molar-refractivity contribution in [3.8, 4) is 17.7 Å². The fourth-order valence-corrected chi connectivity index (χ4v) is 1.81. The SMILES string of the molecule is CNc1cc(Oc2ccccc2C#N)nc(SC)n1. The van der Waals surface area contributed by atoms with E-state index >= 15 is 0 Å². The Morgan fingerprint density at radius 2 is 2.11 bits per heavy atom. The third-order valence-corrected chi connectivity index (χ3v) is 2.89. The molecule has 0 fully saturated rings. The van der Waals surface area contributed by atoms with Gasteiger partial charge in [-0.3, -0.25) is 0 Å². The second-order valence-corrected chi connectivity index (χ2v) is 4.31. The Bertz CT molecular complexity index is 602. The molecule has 2 rings (SSSR count). The summed E-state index contributed by atoms with van der Waals surface area (Å²) in [6, 6.07) is 10.8. The van der Waals surface area contributed by atoms with Gasteiger partial charge in [0.1, 0.15) is 17.6 Å². The zero-order chi connectivity index (χ0) is 13.7. The van der Waals surface area contributed by atoms with Crippen LogP contribution < -0.4 is 10.1 Å². The van der Waals surface area contributed by atoms with Crippen LogP contribution in [0.4, 0.5) is 5.82 Å². The van der Waals surface area contributed by atoms with E-state index in [1.165, 1.54) is 11.8 Å².